The molecule has 7 nitrogen and oxygen atoms in total. The molecule has 0 spiro atoms. The molecule has 4 rings (SSSR count). The van der Waals surface area contributed by atoms with Gasteiger partial charge < -0.3 is 19.5 Å². The number of fused-ring (bicyclic) bond motifs is 1. The van der Waals surface area contributed by atoms with Crippen LogP contribution in [0.2, 0.25) is 0 Å². The minimum absolute atomic E-state index is 0.194. The second kappa shape index (κ2) is 9.61. The molecule has 0 radical (unpaired) electrons. The maximum absolute atomic E-state index is 12.6. The van der Waals surface area contributed by atoms with E-state index < -0.39 is 12.1 Å². The van der Waals surface area contributed by atoms with Crippen LogP contribution in [0.25, 0.3) is 0 Å². The van der Waals surface area contributed by atoms with Crippen molar-refractivity contribution >= 4 is 11.9 Å². The maximum Gasteiger partial charge on any atom is 0.490 e. The van der Waals surface area contributed by atoms with Gasteiger partial charge in [-0.3, -0.25) is 9.69 Å². The Morgan fingerprint density at radius 1 is 1.00 bits per heavy atom. The van der Waals surface area contributed by atoms with E-state index in [0.717, 1.165) is 44.8 Å². The molecular formula is C19H29F3N2O5. The van der Waals surface area contributed by atoms with Crippen LogP contribution in [-0.2, 0) is 19.1 Å². The third-order valence-corrected chi connectivity index (χ3v) is 6.22. The van der Waals surface area contributed by atoms with Crippen molar-refractivity contribution in [1.29, 1.82) is 0 Å². The second-order valence-electron chi connectivity index (χ2n) is 8.13. The van der Waals surface area contributed by atoms with Crippen LogP contribution >= 0.6 is 0 Å². The molecule has 0 bridgehead atoms. The molecule has 3 heterocycles. The summed E-state index contributed by atoms with van der Waals surface area (Å²) >= 11 is 0. The number of carbonyl (C=O) groups excluding carboxylic acids is 1. The van der Waals surface area contributed by atoms with E-state index in [1.807, 2.05) is 4.90 Å². The van der Waals surface area contributed by atoms with Gasteiger partial charge >= 0.3 is 12.1 Å². The van der Waals surface area contributed by atoms with E-state index in [-0.39, 0.29) is 18.1 Å². The van der Waals surface area contributed by atoms with Crippen LogP contribution in [0.1, 0.15) is 38.5 Å². The van der Waals surface area contributed by atoms with Gasteiger partial charge in [-0.15, -0.1) is 0 Å². The Balaban J connectivity index is 0.000000298. The number of amides is 1. The predicted octanol–water partition coefficient (Wildman–Crippen LogP) is 1.90. The molecule has 1 amide bonds. The number of morpholine rings is 1. The van der Waals surface area contributed by atoms with Crippen molar-refractivity contribution in [3.05, 3.63) is 0 Å². The molecule has 0 unspecified atom stereocenters. The van der Waals surface area contributed by atoms with E-state index in [2.05, 4.69) is 4.90 Å². The van der Waals surface area contributed by atoms with E-state index in [4.69, 9.17) is 19.4 Å². The summed E-state index contributed by atoms with van der Waals surface area (Å²) in [4.78, 5) is 26.1. The molecule has 0 aromatic heterocycles. The van der Waals surface area contributed by atoms with Crippen LogP contribution in [0.3, 0.4) is 0 Å². The van der Waals surface area contributed by atoms with Crippen LogP contribution in [0.4, 0.5) is 13.2 Å². The second-order valence-corrected chi connectivity index (χ2v) is 8.13. The highest BCUT2D eigenvalue weighted by Gasteiger charge is 2.43. The molecule has 0 aromatic carbocycles. The Kier molecular flexibility index (Phi) is 7.39. The first-order valence-electron chi connectivity index (χ1n) is 10.3. The number of carboxylic acid groups (broad SMARTS) is 1. The van der Waals surface area contributed by atoms with E-state index >= 15 is 0 Å². The van der Waals surface area contributed by atoms with Crippen molar-refractivity contribution in [1.82, 2.24) is 9.80 Å². The monoisotopic (exact) mass is 422 g/mol. The van der Waals surface area contributed by atoms with Gasteiger partial charge in [-0.2, -0.15) is 13.2 Å². The van der Waals surface area contributed by atoms with Crippen molar-refractivity contribution in [3.8, 4) is 0 Å². The molecule has 4 aliphatic rings. The molecule has 10 heteroatoms. The fourth-order valence-electron chi connectivity index (χ4n) is 4.42. The summed E-state index contributed by atoms with van der Waals surface area (Å²) in [6.07, 6.45) is 2.34. The van der Waals surface area contributed by atoms with Gasteiger partial charge in [0.1, 0.15) is 6.10 Å². The van der Waals surface area contributed by atoms with Crippen LogP contribution in [0.5, 0.6) is 0 Å². The van der Waals surface area contributed by atoms with Crippen LogP contribution in [0.15, 0.2) is 0 Å². The zero-order valence-corrected chi connectivity index (χ0v) is 16.4. The largest absolute Gasteiger partial charge is 0.490 e. The number of halogens is 3. The summed E-state index contributed by atoms with van der Waals surface area (Å²) in [7, 11) is 0. The molecule has 1 N–H and O–H groups in total. The summed E-state index contributed by atoms with van der Waals surface area (Å²) in [5, 5.41) is 7.12. The highest BCUT2D eigenvalue weighted by atomic mass is 19.4. The first-order chi connectivity index (χ1) is 13.8. The smallest absolute Gasteiger partial charge is 0.475 e. The molecule has 1 aliphatic carbocycles. The molecule has 166 valence electrons. The lowest BCUT2D eigenvalue weighted by atomic mass is 9.84. The average molecular weight is 422 g/mol. The Hall–Kier alpha value is -1.39. The summed E-state index contributed by atoms with van der Waals surface area (Å²) < 4.78 is 43.3. The van der Waals surface area contributed by atoms with Crippen LogP contribution in [-0.4, -0.2) is 90.6 Å². The molecule has 3 saturated heterocycles. The SMILES string of the molecule is O=C(O)C(F)(F)F.O=C([C@@H]1CC[C@@H]2[C@@H](CCN2CC2CCC2)O1)N1CCOCC1. The van der Waals surface area contributed by atoms with E-state index in [9.17, 15) is 18.0 Å². The standard InChI is InChI=1S/C17H28N2O3.C2HF3O2/c20-17(18-8-10-21-11-9-18)16-5-4-14-15(22-16)6-7-19(14)12-13-2-1-3-13;3-2(4,5)1(6)7/h13-16H,1-12H2;(H,6,7)/t14-,15-,16+;/m1./s1. The number of rotatable bonds is 3. The highest BCUT2D eigenvalue weighted by Crippen LogP contribution is 2.35. The van der Waals surface area contributed by atoms with Crippen LogP contribution < -0.4 is 0 Å². The summed E-state index contributed by atoms with van der Waals surface area (Å²) in [6.45, 7) is 5.19. The maximum atomic E-state index is 12.6. The number of likely N-dealkylation sites (tertiary alicyclic amines) is 1. The number of hydrogen-bond acceptors (Lipinski definition) is 5. The van der Waals surface area contributed by atoms with Crippen molar-refractivity contribution in [2.75, 3.05) is 39.4 Å². The van der Waals surface area contributed by atoms with Crippen molar-refractivity contribution < 1.29 is 37.3 Å². The Labute approximate surface area is 168 Å². The summed E-state index contributed by atoms with van der Waals surface area (Å²) in [5.41, 5.74) is 0. The summed E-state index contributed by atoms with van der Waals surface area (Å²) in [5.74, 6) is -1.64. The topological polar surface area (TPSA) is 79.3 Å². The molecule has 3 aliphatic heterocycles. The van der Waals surface area contributed by atoms with E-state index in [1.54, 1.807) is 0 Å². The van der Waals surface area contributed by atoms with E-state index in [0.29, 0.717) is 19.3 Å². The van der Waals surface area contributed by atoms with Gasteiger partial charge in [0.25, 0.3) is 5.91 Å². The number of carbonyl (C=O) groups is 2. The minimum Gasteiger partial charge on any atom is -0.475 e. The fourth-order valence-corrected chi connectivity index (χ4v) is 4.42. The molecule has 4 fully saturated rings. The average Bonchev–Trinajstić information content (AvgIpc) is 3.06. The third-order valence-electron chi connectivity index (χ3n) is 6.22. The quantitative estimate of drug-likeness (QED) is 0.749. The zero-order valence-electron chi connectivity index (χ0n) is 16.4. The van der Waals surface area contributed by atoms with Gasteiger partial charge in [0.2, 0.25) is 0 Å². The van der Waals surface area contributed by atoms with Gasteiger partial charge in [-0.05, 0) is 38.0 Å². The minimum atomic E-state index is -5.08. The van der Waals surface area contributed by atoms with Gasteiger partial charge in [-0.1, -0.05) is 6.42 Å². The van der Waals surface area contributed by atoms with E-state index in [1.165, 1.54) is 25.8 Å². The number of hydrogen-bond donors (Lipinski definition) is 1. The van der Waals surface area contributed by atoms with Crippen molar-refractivity contribution in [2.24, 2.45) is 5.92 Å². The first kappa shape index (κ1) is 22.3. The summed E-state index contributed by atoms with van der Waals surface area (Å²) in [6, 6.07) is 0.564. The molecule has 3 atom stereocenters. The Morgan fingerprint density at radius 2 is 1.66 bits per heavy atom. The zero-order chi connectivity index (χ0) is 21.0. The Morgan fingerprint density at radius 3 is 2.21 bits per heavy atom. The lowest BCUT2D eigenvalue weighted by Gasteiger charge is -2.39. The van der Waals surface area contributed by atoms with Gasteiger partial charge in [0, 0.05) is 32.2 Å². The number of alkyl halides is 3. The number of nitrogens with zero attached hydrogens (tertiary/aromatic N) is 2. The number of carboxylic acids is 1. The fraction of sp³-hybridized carbons (Fsp3) is 0.895. The first-order valence-corrected chi connectivity index (χ1v) is 10.3. The van der Waals surface area contributed by atoms with Crippen LogP contribution in [0, 0.1) is 5.92 Å². The molecule has 1 saturated carbocycles. The van der Waals surface area contributed by atoms with Crippen molar-refractivity contribution in [2.45, 2.75) is 63.0 Å². The van der Waals surface area contributed by atoms with Gasteiger partial charge in [0.05, 0.1) is 19.3 Å². The molecule has 0 aromatic rings. The van der Waals surface area contributed by atoms with Gasteiger partial charge in [0.15, 0.2) is 0 Å². The van der Waals surface area contributed by atoms with Crippen molar-refractivity contribution in [3.63, 3.8) is 0 Å². The lowest BCUT2D eigenvalue weighted by Crippen LogP contribution is -2.51. The third kappa shape index (κ3) is 5.82. The molecule has 29 heavy (non-hydrogen) atoms. The highest BCUT2D eigenvalue weighted by molar-refractivity contribution is 5.81. The lowest BCUT2D eigenvalue weighted by molar-refractivity contribution is -0.192. The predicted molar refractivity (Wildman–Crippen MR) is 96.3 cm³/mol. The normalized spacial score (nSPS) is 30.7. The number of ether oxygens (including phenoxy) is 2. The number of aliphatic carboxylic acids is 1. The molecular weight excluding hydrogens is 393 g/mol. The van der Waals surface area contributed by atoms with Gasteiger partial charge in [-0.25, -0.2) is 4.79 Å². The Bertz CT molecular complexity index is 579.